The third-order valence-electron chi connectivity index (χ3n) is 4.83. The van der Waals surface area contributed by atoms with Gasteiger partial charge in [0.2, 0.25) is 5.52 Å². The van der Waals surface area contributed by atoms with Gasteiger partial charge in [-0.1, -0.05) is 54.2 Å². The maximum atomic E-state index is 13.2. The van der Waals surface area contributed by atoms with E-state index < -0.39 is 0 Å². The van der Waals surface area contributed by atoms with Crippen LogP contribution in [0.1, 0.15) is 18.4 Å². The number of hydrogen-bond donors (Lipinski definition) is 0. The average molecular weight is 515 g/mol. The lowest BCUT2D eigenvalue weighted by atomic mass is 10.1. The van der Waals surface area contributed by atoms with Crippen LogP contribution >= 0.6 is 11.8 Å². The van der Waals surface area contributed by atoms with Crippen molar-refractivity contribution in [2.24, 2.45) is 0 Å². The standard InChI is InChI=1S/C25H23FNS.HI/c26-22-13-15-23(16-14-22)28-24-18-21-11-4-5-12-25(21)27(19-24)17-7-6-10-20-8-2-1-3-9-20;/h1-5,8-9,11-16,18-19H,6-7,10,17H2;1H/q+1;/p-1. The van der Waals surface area contributed by atoms with E-state index in [0.717, 1.165) is 24.3 Å². The zero-order valence-electron chi connectivity index (χ0n) is 16.1. The summed E-state index contributed by atoms with van der Waals surface area (Å²) in [5.41, 5.74) is 2.66. The molecule has 0 unspecified atom stereocenters. The molecule has 0 radical (unpaired) electrons. The zero-order chi connectivity index (χ0) is 19.2. The number of benzene rings is 3. The fourth-order valence-corrected chi connectivity index (χ4v) is 4.33. The maximum Gasteiger partial charge on any atom is 0.212 e. The second-order valence-electron chi connectivity index (χ2n) is 6.93. The molecule has 0 N–H and O–H groups in total. The number of nitrogens with zero attached hydrogens (tertiary/aromatic N) is 1. The molecule has 0 aliphatic rings. The van der Waals surface area contributed by atoms with Gasteiger partial charge in [0, 0.05) is 22.8 Å². The second-order valence-corrected chi connectivity index (χ2v) is 8.07. The van der Waals surface area contributed by atoms with Gasteiger partial charge in [-0.3, -0.25) is 0 Å². The number of pyridine rings is 1. The number of rotatable bonds is 7. The van der Waals surface area contributed by atoms with E-state index in [9.17, 15) is 4.39 Å². The van der Waals surface area contributed by atoms with Gasteiger partial charge in [0.25, 0.3) is 0 Å². The number of aryl methyl sites for hydroxylation is 2. The van der Waals surface area contributed by atoms with Gasteiger partial charge in [-0.2, -0.15) is 4.57 Å². The Labute approximate surface area is 193 Å². The van der Waals surface area contributed by atoms with Crippen LogP contribution in [0, 0.1) is 5.82 Å². The summed E-state index contributed by atoms with van der Waals surface area (Å²) in [6, 6.07) is 28.1. The van der Waals surface area contributed by atoms with Crippen molar-refractivity contribution in [3.63, 3.8) is 0 Å². The number of hydrogen-bond acceptors (Lipinski definition) is 1. The molecular formula is C25H23FINS. The van der Waals surface area contributed by atoms with Gasteiger partial charge < -0.3 is 24.0 Å². The number of fused-ring (bicyclic) bond motifs is 1. The van der Waals surface area contributed by atoms with Crippen molar-refractivity contribution >= 4 is 22.7 Å². The van der Waals surface area contributed by atoms with Crippen LogP contribution in [0.2, 0.25) is 0 Å². The molecule has 29 heavy (non-hydrogen) atoms. The van der Waals surface area contributed by atoms with E-state index in [-0.39, 0.29) is 29.8 Å². The third kappa shape index (κ3) is 6.03. The van der Waals surface area contributed by atoms with Gasteiger partial charge in [-0.25, -0.2) is 4.39 Å². The van der Waals surface area contributed by atoms with Crippen molar-refractivity contribution in [2.45, 2.75) is 35.6 Å². The monoisotopic (exact) mass is 515 g/mol. The number of unbranched alkanes of at least 4 members (excludes halogenated alkanes) is 1. The van der Waals surface area contributed by atoms with Crippen LogP contribution in [0.15, 0.2) is 101 Å². The highest BCUT2D eigenvalue weighted by atomic mass is 127. The Morgan fingerprint density at radius 3 is 2.28 bits per heavy atom. The molecule has 0 amide bonds. The summed E-state index contributed by atoms with van der Waals surface area (Å²) in [5, 5.41) is 1.23. The summed E-state index contributed by atoms with van der Waals surface area (Å²) in [4.78, 5) is 2.22. The van der Waals surface area contributed by atoms with Crippen molar-refractivity contribution in [3.8, 4) is 0 Å². The highest BCUT2D eigenvalue weighted by molar-refractivity contribution is 7.99. The van der Waals surface area contributed by atoms with Gasteiger partial charge in [-0.15, -0.1) is 0 Å². The summed E-state index contributed by atoms with van der Waals surface area (Å²) >= 11 is 1.67. The molecule has 0 aliphatic carbocycles. The topological polar surface area (TPSA) is 3.88 Å². The van der Waals surface area contributed by atoms with Gasteiger partial charge in [0.1, 0.15) is 12.4 Å². The minimum absolute atomic E-state index is 0. The largest absolute Gasteiger partial charge is 1.00 e. The van der Waals surface area contributed by atoms with Crippen LogP contribution in [0.5, 0.6) is 0 Å². The lowest BCUT2D eigenvalue weighted by Crippen LogP contribution is -3.00. The molecule has 4 rings (SSSR count). The second kappa shape index (κ2) is 10.7. The van der Waals surface area contributed by atoms with Crippen LogP contribution in [-0.2, 0) is 13.0 Å². The van der Waals surface area contributed by atoms with Crippen molar-refractivity contribution in [1.29, 1.82) is 0 Å². The summed E-state index contributed by atoms with van der Waals surface area (Å²) in [6.45, 7) is 0.991. The van der Waals surface area contributed by atoms with E-state index >= 15 is 0 Å². The normalized spacial score (nSPS) is 10.7. The molecular weight excluding hydrogens is 492 g/mol. The van der Waals surface area contributed by atoms with E-state index in [2.05, 4.69) is 71.4 Å². The molecule has 0 aliphatic heterocycles. The highest BCUT2D eigenvalue weighted by Gasteiger charge is 2.12. The van der Waals surface area contributed by atoms with Gasteiger partial charge >= 0.3 is 0 Å². The number of para-hydroxylation sites is 1. The summed E-state index contributed by atoms with van der Waals surface area (Å²) in [6.07, 6.45) is 5.64. The van der Waals surface area contributed by atoms with E-state index in [4.69, 9.17) is 0 Å². The van der Waals surface area contributed by atoms with Gasteiger partial charge in [0.15, 0.2) is 6.20 Å². The number of aromatic nitrogens is 1. The molecule has 4 heteroatoms. The van der Waals surface area contributed by atoms with Gasteiger partial charge in [0.05, 0.1) is 4.90 Å². The zero-order valence-corrected chi connectivity index (χ0v) is 19.1. The summed E-state index contributed by atoms with van der Waals surface area (Å²) in [5.74, 6) is -0.198. The Balaban J connectivity index is 0.00000240. The third-order valence-corrected chi connectivity index (χ3v) is 5.80. The fraction of sp³-hybridized carbons (Fsp3) is 0.160. The molecule has 0 saturated heterocycles. The minimum atomic E-state index is -0.198. The number of halogens is 2. The molecule has 148 valence electrons. The Hall–Kier alpha value is -1.92. The van der Waals surface area contributed by atoms with E-state index in [1.165, 1.54) is 39.9 Å². The van der Waals surface area contributed by atoms with Gasteiger partial charge in [-0.05, 0) is 54.8 Å². The first-order chi connectivity index (χ1) is 13.8. The molecule has 4 aromatic rings. The summed E-state index contributed by atoms with van der Waals surface area (Å²) < 4.78 is 15.5. The SMILES string of the molecule is Fc1ccc(Sc2cc3ccccc3[n+](CCCCc3ccccc3)c2)cc1.[I-]. The Morgan fingerprint density at radius 2 is 1.48 bits per heavy atom. The molecule has 1 aromatic heterocycles. The maximum absolute atomic E-state index is 13.2. The molecule has 0 atom stereocenters. The van der Waals surface area contributed by atoms with Crippen LogP contribution < -0.4 is 28.5 Å². The molecule has 0 spiro atoms. The smallest absolute Gasteiger partial charge is 0.212 e. The fourth-order valence-electron chi connectivity index (χ4n) is 3.42. The van der Waals surface area contributed by atoms with Crippen molar-refractivity contribution in [2.75, 3.05) is 0 Å². The highest BCUT2D eigenvalue weighted by Crippen LogP contribution is 2.28. The molecule has 0 fully saturated rings. The van der Waals surface area contributed by atoms with Crippen molar-refractivity contribution in [3.05, 3.63) is 103 Å². The molecule has 1 nitrogen and oxygen atoms in total. The van der Waals surface area contributed by atoms with Crippen molar-refractivity contribution < 1.29 is 32.9 Å². The lowest BCUT2D eigenvalue weighted by Gasteiger charge is -2.06. The molecule has 0 bridgehead atoms. The van der Waals surface area contributed by atoms with Crippen molar-refractivity contribution in [1.82, 2.24) is 0 Å². The Morgan fingerprint density at radius 1 is 0.759 bits per heavy atom. The van der Waals surface area contributed by atoms with Crippen LogP contribution in [0.3, 0.4) is 0 Å². The molecule has 3 aromatic carbocycles. The van der Waals surface area contributed by atoms with E-state index in [0.29, 0.717) is 0 Å². The first-order valence-electron chi connectivity index (χ1n) is 9.67. The van der Waals surface area contributed by atoms with Crippen LogP contribution in [0.25, 0.3) is 10.9 Å². The Bertz CT molecular complexity index is 1050. The van der Waals surface area contributed by atoms with E-state index in [1.807, 2.05) is 12.1 Å². The average Bonchev–Trinajstić information content (AvgIpc) is 2.73. The Kier molecular flexibility index (Phi) is 8.07. The quantitative estimate of drug-likeness (QED) is 0.207. The van der Waals surface area contributed by atoms with Crippen LogP contribution in [-0.4, -0.2) is 0 Å². The van der Waals surface area contributed by atoms with E-state index in [1.54, 1.807) is 11.8 Å². The molecule has 1 heterocycles. The summed E-state index contributed by atoms with van der Waals surface area (Å²) in [7, 11) is 0. The lowest BCUT2D eigenvalue weighted by molar-refractivity contribution is -0.673. The minimum Gasteiger partial charge on any atom is -1.00 e. The first-order valence-corrected chi connectivity index (χ1v) is 10.5. The predicted molar refractivity (Wildman–Crippen MR) is 114 cm³/mol. The molecule has 0 saturated carbocycles. The predicted octanol–water partition coefficient (Wildman–Crippen LogP) is 3.44. The first kappa shape index (κ1) is 21.8. The van der Waals surface area contributed by atoms with Crippen LogP contribution in [0.4, 0.5) is 4.39 Å².